The molecule has 2 aromatic rings. The van der Waals surface area contributed by atoms with Crippen LogP contribution in [0.2, 0.25) is 0 Å². The number of nitrogens with one attached hydrogen (secondary N) is 1. The van der Waals surface area contributed by atoms with E-state index < -0.39 is 5.97 Å². The van der Waals surface area contributed by atoms with Crippen LogP contribution in [0.15, 0.2) is 28.7 Å². The second-order valence-electron chi connectivity index (χ2n) is 4.68. The van der Waals surface area contributed by atoms with Gasteiger partial charge in [-0.3, -0.25) is 0 Å². The van der Waals surface area contributed by atoms with Crippen molar-refractivity contribution in [2.45, 2.75) is 39.3 Å². The summed E-state index contributed by atoms with van der Waals surface area (Å²) in [4.78, 5) is 10.8. The lowest BCUT2D eigenvalue weighted by Gasteiger charge is -2.14. The van der Waals surface area contributed by atoms with Crippen LogP contribution in [0.5, 0.6) is 0 Å². The number of hydrogen-bond acceptors (Lipinski definition) is 3. The predicted octanol–water partition coefficient (Wildman–Crippen LogP) is 3.41. The first-order valence-electron chi connectivity index (χ1n) is 6.63. The van der Waals surface area contributed by atoms with E-state index in [9.17, 15) is 4.79 Å². The summed E-state index contributed by atoms with van der Waals surface area (Å²) in [6.07, 6.45) is 2.21. The number of furan rings is 1. The average molecular weight is 261 g/mol. The topological polar surface area (TPSA) is 62.5 Å². The van der Waals surface area contributed by atoms with Crippen LogP contribution in [0.1, 0.15) is 42.8 Å². The Balaban J connectivity index is 2.14. The van der Waals surface area contributed by atoms with Gasteiger partial charge in [0, 0.05) is 18.0 Å². The SMILES string of the molecule is CCC(CC)NCc1ccc2oc(C(=O)O)cc2c1. The van der Waals surface area contributed by atoms with Gasteiger partial charge in [-0.1, -0.05) is 19.9 Å². The van der Waals surface area contributed by atoms with Gasteiger partial charge in [-0.25, -0.2) is 4.79 Å². The van der Waals surface area contributed by atoms with Crippen LogP contribution in [-0.2, 0) is 6.54 Å². The molecule has 0 unspecified atom stereocenters. The zero-order chi connectivity index (χ0) is 13.8. The minimum absolute atomic E-state index is 0.0138. The molecule has 0 saturated heterocycles. The summed E-state index contributed by atoms with van der Waals surface area (Å²) in [5.41, 5.74) is 1.75. The third-order valence-electron chi connectivity index (χ3n) is 3.37. The highest BCUT2D eigenvalue weighted by molar-refractivity contribution is 5.91. The minimum atomic E-state index is -1.03. The molecule has 1 heterocycles. The summed E-state index contributed by atoms with van der Waals surface area (Å²) in [5.74, 6) is -1.05. The Kier molecular flexibility index (Phi) is 4.22. The molecule has 0 aliphatic carbocycles. The molecule has 0 fully saturated rings. The maximum Gasteiger partial charge on any atom is 0.371 e. The van der Waals surface area contributed by atoms with Crippen molar-refractivity contribution in [2.75, 3.05) is 0 Å². The fourth-order valence-electron chi connectivity index (χ4n) is 2.15. The monoisotopic (exact) mass is 261 g/mol. The molecule has 1 aromatic heterocycles. The Hall–Kier alpha value is -1.81. The second kappa shape index (κ2) is 5.89. The Morgan fingerprint density at radius 1 is 1.32 bits per heavy atom. The third-order valence-corrected chi connectivity index (χ3v) is 3.37. The van der Waals surface area contributed by atoms with Gasteiger partial charge in [0.15, 0.2) is 0 Å². The Morgan fingerprint density at radius 3 is 2.68 bits per heavy atom. The van der Waals surface area contributed by atoms with Gasteiger partial charge in [-0.05, 0) is 36.6 Å². The molecule has 0 spiro atoms. The molecule has 0 aliphatic rings. The maximum atomic E-state index is 10.8. The molecule has 0 radical (unpaired) electrons. The fourth-order valence-corrected chi connectivity index (χ4v) is 2.15. The summed E-state index contributed by atoms with van der Waals surface area (Å²) in [7, 11) is 0. The van der Waals surface area contributed by atoms with Crippen LogP contribution in [0.4, 0.5) is 0 Å². The van der Waals surface area contributed by atoms with E-state index in [0.29, 0.717) is 11.6 Å². The van der Waals surface area contributed by atoms with Crippen LogP contribution in [0.3, 0.4) is 0 Å². The van der Waals surface area contributed by atoms with Gasteiger partial charge >= 0.3 is 5.97 Å². The van der Waals surface area contributed by atoms with E-state index in [1.807, 2.05) is 18.2 Å². The van der Waals surface area contributed by atoms with E-state index >= 15 is 0 Å². The van der Waals surface area contributed by atoms with Gasteiger partial charge in [0.25, 0.3) is 0 Å². The van der Waals surface area contributed by atoms with E-state index in [1.54, 1.807) is 6.07 Å². The van der Waals surface area contributed by atoms with Crippen molar-refractivity contribution in [1.29, 1.82) is 0 Å². The highest BCUT2D eigenvalue weighted by atomic mass is 16.4. The molecule has 4 nitrogen and oxygen atoms in total. The van der Waals surface area contributed by atoms with Crippen molar-refractivity contribution >= 4 is 16.9 Å². The summed E-state index contributed by atoms with van der Waals surface area (Å²) in [6.45, 7) is 5.12. The second-order valence-corrected chi connectivity index (χ2v) is 4.68. The molecule has 19 heavy (non-hydrogen) atoms. The van der Waals surface area contributed by atoms with E-state index in [1.165, 1.54) is 0 Å². The molecule has 0 amide bonds. The molecule has 0 atom stereocenters. The van der Waals surface area contributed by atoms with Gasteiger partial charge in [-0.15, -0.1) is 0 Å². The largest absolute Gasteiger partial charge is 0.475 e. The summed E-state index contributed by atoms with van der Waals surface area (Å²) < 4.78 is 5.23. The normalized spacial score (nSPS) is 11.3. The quantitative estimate of drug-likeness (QED) is 0.836. The molecule has 2 N–H and O–H groups in total. The van der Waals surface area contributed by atoms with Crippen molar-refractivity contribution in [2.24, 2.45) is 0 Å². The van der Waals surface area contributed by atoms with Crippen molar-refractivity contribution in [1.82, 2.24) is 5.32 Å². The summed E-state index contributed by atoms with van der Waals surface area (Å²) >= 11 is 0. The molecule has 102 valence electrons. The van der Waals surface area contributed by atoms with Gasteiger partial charge in [0.1, 0.15) is 5.58 Å². The van der Waals surface area contributed by atoms with Crippen LogP contribution in [0, 0.1) is 0 Å². The number of carbonyl (C=O) groups is 1. The molecule has 4 heteroatoms. The van der Waals surface area contributed by atoms with Crippen LogP contribution in [-0.4, -0.2) is 17.1 Å². The number of aromatic carboxylic acids is 1. The van der Waals surface area contributed by atoms with Crippen molar-refractivity contribution in [3.8, 4) is 0 Å². The zero-order valence-electron chi connectivity index (χ0n) is 11.3. The smallest absolute Gasteiger partial charge is 0.371 e. The lowest BCUT2D eigenvalue weighted by Crippen LogP contribution is -2.26. The Labute approximate surface area is 112 Å². The molecule has 0 aliphatic heterocycles. The number of carboxylic acids is 1. The number of rotatable bonds is 6. The van der Waals surface area contributed by atoms with E-state index in [-0.39, 0.29) is 5.76 Å². The molecular weight excluding hydrogens is 242 g/mol. The van der Waals surface area contributed by atoms with Crippen molar-refractivity contribution < 1.29 is 14.3 Å². The molecule has 0 bridgehead atoms. The first-order chi connectivity index (χ1) is 9.13. The third kappa shape index (κ3) is 3.15. The zero-order valence-corrected chi connectivity index (χ0v) is 11.3. The summed E-state index contributed by atoms with van der Waals surface area (Å²) in [5, 5.41) is 13.2. The van der Waals surface area contributed by atoms with Crippen molar-refractivity contribution in [3.05, 3.63) is 35.6 Å². The molecular formula is C15H19NO3. The van der Waals surface area contributed by atoms with Crippen LogP contribution < -0.4 is 5.32 Å². The highest BCUT2D eigenvalue weighted by Crippen LogP contribution is 2.21. The van der Waals surface area contributed by atoms with Gasteiger partial charge in [0.2, 0.25) is 5.76 Å². The molecule has 0 saturated carbocycles. The number of hydrogen-bond donors (Lipinski definition) is 2. The van der Waals surface area contributed by atoms with Crippen LogP contribution in [0.25, 0.3) is 11.0 Å². The molecule has 2 rings (SSSR count). The number of carboxylic acid groups (broad SMARTS) is 1. The minimum Gasteiger partial charge on any atom is -0.475 e. The first-order valence-corrected chi connectivity index (χ1v) is 6.63. The van der Waals surface area contributed by atoms with Gasteiger partial charge in [-0.2, -0.15) is 0 Å². The van der Waals surface area contributed by atoms with Crippen LogP contribution >= 0.6 is 0 Å². The Bertz CT molecular complexity index is 570. The fraction of sp³-hybridized carbons (Fsp3) is 0.400. The van der Waals surface area contributed by atoms with Gasteiger partial charge < -0.3 is 14.8 Å². The summed E-state index contributed by atoms with van der Waals surface area (Å²) in [6, 6.07) is 7.85. The number of benzene rings is 1. The van der Waals surface area contributed by atoms with E-state index in [0.717, 1.165) is 30.3 Å². The van der Waals surface area contributed by atoms with E-state index in [2.05, 4.69) is 19.2 Å². The lowest BCUT2D eigenvalue weighted by molar-refractivity contribution is 0.0665. The Morgan fingerprint density at radius 2 is 2.05 bits per heavy atom. The lowest BCUT2D eigenvalue weighted by atomic mass is 10.1. The first kappa shape index (κ1) is 13.6. The maximum absolute atomic E-state index is 10.8. The predicted molar refractivity (Wildman–Crippen MR) is 74.4 cm³/mol. The average Bonchev–Trinajstić information content (AvgIpc) is 2.83. The van der Waals surface area contributed by atoms with Gasteiger partial charge in [0.05, 0.1) is 0 Å². The highest BCUT2D eigenvalue weighted by Gasteiger charge is 2.10. The molecule has 1 aromatic carbocycles. The number of fused-ring (bicyclic) bond motifs is 1. The van der Waals surface area contributed by atoms with Crippen molar-refractivity contribution in [3.63, 3.8) is 0 Å². The van der Waals surface area contributed by atoms with E-state index in [4.69, 9.17) is 9.52 Å². The standard InChI is InChI=1S/C15H19NO3/c1-3-12(4-2)16-9-10-5-6-13-11(7-10)8-14(19-13)15(17)18/h5-8,12,16H,3-4,9H2,1-2H3,(H,17,18).